The molecule has 0 fully saturated rings. The summed E-state index contributed by atoms with van der Waals surface area (Å²) in [4.78, 5) is 17.5. The van der Waals surface area contributed by atoms with E-state index in [1.165, 1.54) is 15.3 Å². The lowest BCUT2D eigenvalue weighted by molar-refractivity contribution is 0.0958. The number of hydrogen-bond acceptors (Lipinski definition) is 5. The molecule has 0 aliphatic carbocycles. The van der Waals surface area contributed by atoms with E-state index in [0.717, 1.165) is 21.6 Å². The average molecular weight is 367 g/mol. The molecule has 0 aliphatic heterocycles. The minimum Gasteiger partial charge on any atom is -0.351 e. The number of carbonyl (C=O) groups is 1. The van der Waals surface area contributed by atoms with Gasteiger partial charge in [0.05, 0.1) is 15.9 Å². The van der Waals surface area contributed by atoms with E-state index in [-0.39, 0.29) is 18.2 Å². The molecule has 1 aromatic carbocycles. The Labute approximate surface area is 145 Å². The Hall–Kier alpha value is -1.51. The van der Waals surface area contributed by atoms with Gasteiger partial charge in [-0.05, 0) is 30.0 Å². The Morgan fingerprint density at radius 2 is 2.35 bits per heavy atom. The fourth-order valence-corrected chi connectivity index (χ4v) is 3.58. The van der Waals surface area contributed by atoms with Gasteiger partial charge in [0.1, 0.15) is 0 Å². The fourth-order valence-electron chi connectivity index (χ4n) is 2.33. The summed E-state index contributed by atoms with van der Waals surface area (Å²) in [6.45, 7) is 0.602. The summed E-state index contributed by atoms with van der Waals surface area (Å²) in [6.07, 6.45) is 5.37. The molecule has 0 aliphatic rings. The lowest BCUT2D eigenvalue weighted by atomic mass is 10.0. The van der Waals surface area contributed by atoms with E-state index in [9.17, 15) is 8.68 Å². The first-order chi connectivity index (χ1) is 11.2. The van der Waals surface area contributed by atoms with Gasteiger partial charge in [-0.3, -0.25) is 13.8 Å². The highest BCUT2D eigenvalue weighted by Crippen LogP contribution is 2.32. The third-order valence-corrected chi connectivity index (χ3v) is 5.30. The van der Waals surface area contributed by atoms with Gasteiger partial charge in [0.2, 0.25) is 0 Å². The summed E-state index contributed by atoms with van der Waals surface area (Å²) in [5.41, 5.74) is 3.84. The van der Waals surface area contributed by atoms with E-state index < -0.39 is 0 Å². The maximum Gasteiger partial charge on any atom is 0.252 e. The fraction of sp³-hybridized carbons (Fsp3) is 0.200. The van der Waals surface area contributed by atoms with Crippen molar-refractivity contribution in [2.24, 2.45) is 0 Å². The third kappa shape index (κ3) is 3.39. The second kappa shape index (κ2) is 7.37. The van der Waals surface area contributed by atoms with Gasteiger partial charge < -0.3 is 5.32 Å². The molecule has 120 valence electrons. The first-order valence-electron chi connectivity index (χ1n) is 6.84. The molecule has 1 amide bonds. The van der Waals surface area contributed by atoms with Gasteiger partial charge in [-0.15, -0.1) is 15.2 Å². The number of amides is 1. The van der Waals surface area contributed by atoms with Crippen molar-refractivity contribution in [2.75, 3.05) is 18.6 Å². The Balaban J connectivity index is 2.07. The zero-order valence-corrected chi connectivity index (χ0v) is 14.7. The number of rotatable bonds is 6. The highest BCUT2D eigenvalue weighted by atomic mass is 32.2. The minimum absolute atomic E-state index is 0.122. The topological polar surface area (TPSA) is 46.9 Å². The molecule has 3 aromatic rings. The number of thioether (sulfide) groups is 1. The third-order valence-electron chi connectivity index (χ3n) is 3.40. The average Bonchev–Trinajstić information content (AvgIpc) is 3.23. The van der Waals surface area contributed by atoms with Crippen molar-refractivity contribution in [2.45, 2.75) is 0 Å². The number of nitrogens with one attached hydrogen (secondary N) is 1. The molecular weight excluding hydrogens is 353 g/mol. The molecule has 0 radical (unpaired) electrons. The molecule has 0 bridgehead atoms. The predicted molar refractivity (Wildman–Crippen MR) is 97.9 cm³/mol. The first kappa shape index (κ1) is 16.4. The summed E-state index contributed by atoms with van der Waals surface area (Å²) in [5.74, 6) is 0.710. The number of halogens is 1. The molecule has 2 aromatic heterocycles. The van der Waals surface area contributed by atoms with Gasteiger partial charge in [0.15, 0.2) is 12.3 Å². The van der Waals surface area contributed by atoms with Crippen LogP contribution in [0.15, 0.2) is 36.1 Å². The van der Waals surface area contributed by atoms with E-state index >= 15 is 0 Å². The van der Waals surface area contributed by atoms with Crippen LogP contribution in [0.3, 0.4) is 0 Å². The molecule has 0 spiro atoms. The van der Waals surface area contributed by atoms with Crippen molar-refractivity contribution in [3.63, 3.8) is 0 Å². The van der Waals surface area contributed by atoms with E-state index in [2.05, 4.69) is 10.3 Å². The largest absolute Gasteiger partial charge is 0.351 e. The molecular formula is C15H14FN3OS3. The van der Waals surface area contributed by atoms with Crippen LogP contribution in [-0.2, 0) is 0 Å². The molecule has 4 nitrogen and oxygen atoms in total. The molecule has 0 saturated heterocycles. The molecule has 2 heterocycles. The zero-order chi connectivity index (χ0) is 16.2. The number of fused-ring (bicyclic) bond motifs is 1. The van der Waals surface area contributed by atoms with Crippen LogP contribution in [0.2, 0.25) is 0 Å². The Kier molecular flexibility index (Phi) is 5.24. The maximum absolute atomic E-state index is 13.1. The first-order valence-corrected chi connectivity index (χ1v) is 9.79. The zero-order valence-electron chi connectivity index (χ0n) is 12.3. The Morgan fingerprint density at radius 1 is 1.48 bits per heavy atom. The lowest BCUT2D eigenvalue weighted by Gasteiger charge is -2.09. The quantitative estimate of drug-likeness (QED) is 0.662. The molecule has 3 rings (SSSR count). The van der Waals surface area contributed by atoms with Crippen molar-refractivity contribution in [3.05, 3.63) is 41.7 Å². The van der Waals surface area contributed by atoms with E-state index in [1.807, 2.05) is 18.4 Å². The number of benzene rings is 1. The van der Waals surface area contributed by atoms with Crippen LogP contribution < -0.4 is 5.32 Å². The van der Waals surface area contributed by atoms with Crippen LogP contribution in [0.25, 0.3) is 21.3 Å². The maximum atomic E-state index is 13.1. The van der Waals surface area contributed by atoms with Crippen LogP contribution in [0.5, 0.6) is 0 Å². The van der Waals surface area contributed by atoms with Crippen LogP contribution in [0.4, 0.5) is 3.89 Å². The van der Waals surface area contributed by atoms with Crippen molar-refractivity contribution in [1.82, 2.24) is 14.3 Å². The second-order valence-electron chi connectivity index (χ2n) is 4.78. The standard InChI is InChI=1S/C15H14FN3OS3/c1-21-5-3-18-15(20)12-6-10(14-8-17-9-22-14)7-13-11(12)2-4-19(13)23-16/h2,4,6-9H,3,5H2,1H3,(H,18,20). The van der Waals surface area contributed by atoms with Gasteiger partial charge >= 0.3 is 0 Å². The van der Waals surface area contributed by atoms with Gasteiger partial charge in [-0.25, -0.2) is 0 Å². The van der Waals surface area contributed by atoms with Crippen molar-refractivity contribution in [3.8, 4) is 10.4 Å². The van der Waals surface area contributed by atoms with Gasteiger partial charge in [0, 0.05) is 35.6 Å². The van der Waals surface area contributed by atoms with Gasteiger partial charge in [0.25, 0.3) is 5.91 Å². The summed E-state index contributed by atoms with van der Waals surface area (Å²) in [5, 5.41) is 3.65. The van der Waals surface area contributed by atoms with Crippen molar-refractivity contribution in [1.29, 1.82) is 0 Å². The predicted octanol–water partition coefficient (Wildman–Crippen LogP) is 4.24. The molecule has 23 heavy (non-hydrogen) atoms. The molecule has 0 atom stereocenters. The molecule has 0 unspecified atom stereocenters. The van der Waals surface area contributed by atoms with E-state index in [4.69, 9.17) is 0 Å². The molecule has 8 heteroatoms. The highest BCUT2D eigenvalue weighted by Gasteiger charge is 2.16. The number of aromatic nitrogens is 2. The monoisotopic (exact) mass is 367 g/mol. The van der Waals surface area contributed by atoms with Crippen LogP contribution >= 0.6 is 35.4 Å². The number of hydrogen-bond donors (Lipinski definition) is 1. The smallest absolute Gasteiger partial charge is 0.252 e. The normalized spacial score (nSPS) is 11.0. The number of nitrogens with zero attached hydrogens (tertiary/aromatic N) is 2. The van der Waals surface area contributed by atoms with E-state index in [0.29, 0.717) is 17.6 Å². The number of thiazole rings is 1. The lowest BCUT2D eigenvalue weighted by Crippen LogP contribution is -2.25. The Bertz CT molecular complexity index is 817. The van der Waals surface area contributed by atoms with Crippen LogP contribution in [0, 0.1) is 0 Å². The second-order valence-corrected chi connectivity index (χ2v) is 7.18. The summed E-state index contributed by atoms with van der Waals surface area (Å²) >= 11 is 3.28. The minimum atomic E-state index is -0.142. The van der Waals surface area contributed by atoms with Gasteiger partial charge in [-0.2, -0.15) is 11.8 Å². The number of carbonyl (C=O) groups excluding carboxylic acids is 1. The summed E-state index contributed by atoms with van der Waals surface area (Å²) in [6, 6.07) is 5.49. The van der Waals surface area contributed by atoms with Crippen molar-refractivity contribution >= 4 is 52.2 Å². The van der Waals surface area contributed by atoms with Gasteiger partial charge in [-0.1, -0.05) is 0 Å². The van der Waals surface area contributed by atoms with Crippen molar-refractivity contribution < 1.29 is 8.68 Å². The van der Waals surface area contributed by atoms with Crippen LogP contribution in [0.1, 0.15) is 10.4 Å². The summed E-state index contributed by atoms with van der Waals surface area (Å²) < 4.78 is 14.5. The molecule has 0 saturated carbocycles. The van der Waals surface area contributed by atoms with Crippen LogP contribution in [-0.4, -0.2) is 33.4 Å². The van der Waals surface area contributed by atoms with E-state index in [1.54, 1.807) is 35.7 Å². The molecule has 1 N–H and O–H groups in total. The summed E-state index contributed by atoms with van der Waals surface area (Å²) in [7, 11) is 0. The highest BCUT2D eigenvalue weighted by molar-refractivity contribution is 7.98. The SMILES string of the molecule is CSCCNC(=O)c1cc(-c2cncs2)cc2c1ccn2SF. The Morgan fingerprint density at radius 3 is 3.04 bits per heavy atom.